The number of carbonyl (C=O) groups is 1. The Hall–Kier alpha value is -2.92. The van der Waals surface area contributed by atoms with Gasteiger partial charge < -0.3 is 15.2 Å². The van der Waals surface area contributed by atoms with Gasteiger partial charge in [-0.15, -0.1) is 0 Å². The Bertz CT molecular complexity index is 915. The lowest BCUT2D eigenvalue weighted by molar-refractivity contribution is 0.0912. The molecule has 2 heterocycles. The Labute approximate surface area is 152 Å². The predicted molar refractivity (Wildman–Crippen MR) is 99.9 cm³/mol. The van der Waals surface area contributed by atoms with E-state index in [4.69, 9.17) is 4.52 Å². The second-order valence-corrected chi connectivity index (χ2v) is 6.61. The van der Waals surface area contributed by atoms with Gasteiger partial charge in [-0.25, -0.2) is 0 Å². The summed E-state index contributed by atoms with van der Waals surface area (Å²) in [5.41, 5.74) is 5.36. The Kier molecular flexibility index (Phi) is 4.54. The molecule has 26 heavy (non-hydrogen) atoms. The van der Waals surface area contributed by atoms with E-state index in [1.165, 1.54) is 16.7 Å². The highest BCUT2D eigenvalue weighted by Gasteiger charge is 2.21. The van der Waals surface area contributed by atoms with Crippen LogP contribution in [0.3, 0.4) is 0 Å². The first-order chi connectivity index (χ1) is 12.7. The Morgan fingerprint density at radius 3 is 2.88 bits per heavy atom. The number of nitrogens with zero attached hydrogens (tertiary/aromatic N) is 1. The highest BCUT2D eigenvalue weighted by atomic mass is 16.5. The van der Waals surface area contributed by atoms with E-state index in [0.717, 1.165) is 18.5 Å². The lowest BCUT2D eigenvalue weighted by atomic mass is 9.94. The first-order valence-corrected chi connectivity index (χ1v) is 8.84. The van der Waals surface area contributed by atoms with Gasteiger partial charge in [-0.2, -0.15) is 0 Å². The van der Waals surface area contributed by atoms with Crippen molar-refractivity contribution in [1.82, 2.24) is 15.8 Å². The number of aromatic nitrogens is 1. The summed E-state index contributed by atoms with van der Waals surface area (Å²) in [5.74, 6) is -0.0228. The van der Waals surface area contributed by atoms with Crippen LogP contribution in [0.2, 0.25) is 0 Å². The summed E-state index contributed by atoms with van der Waals surface area (Å²) in [4.78, 5) is 12.4. The monoisotopic (exact) mass is 347 g/mol. The van der Waals surface area contributed by atoms with Crippen LogP contribution in [0.5, 0.6) is 0 Å². The van der Waals surface area contributed by atoms with E-state index in [0.29, 0.717) is 12.2 Å². The van der Waals surface area contributed by atoms with Gasteiger partial charge in [0.1, 0.15) is 5.69 Å². The standard InChI is InChI=1S/C21H21N3O2/c1-14-6-8-16(9-7-14)18-12-20(26-24-18)21(25)23-13-19-17-5-3-2-4-15(17)10-11-22-19/h2-9,12,19,22H,10-11,13H2,1H3,(H,23,25). The van der Waals surface area contributed by atoms with E-state index in [1.54, 1.807) is 6.07 Å². The maximum absolute atomic E-state index is 12.4. The van der Waals surface area contributed by atoms with E-state index < -0.39 is 0 Å². The Morgan fingerprint density at radius 2 is 2.04 bits per heavy atom. The molecule has 1 unspecified atom stereocenters. The summed E-state index contributed by atoms with van der Waals surface area (Å²) >= 11 is 0. The van der Waals surface area contributed by atoms with E-state index >= 15 is 0 Å². The third-order valence-electron chi connectivity index (χ3n) is 4.76. The lowest BCUT2D eigenvalue weighted by Crippen LogP contribution is -2.38. The summed E-state index contributed by atoms with van der Waals surface area (Å²) in [6.07, 6.45) is 1.02. The maximum atomic E-state index is 12.4. The molecule has 2 aromatic carbocycles. The second kappa shape index (κ2) is 7.14. The molecule has 0 fully saturated rings. The smallest absolute Gasteiger partial charge is 0.289 e. The first-order valence-electron chi connectivity index (χ1n) is 8.84. The molecule has 0 saturated heterocycles. The number of nitrogens with one attached hydrogen (secondary N) is 2. The van der Waals surface area contributed by atoms with Gasteiger partial charge in [0, 0.05) is 24.2 Å². The van der Waals surface area contributed by atoms with Crippen LogP contribution in [0.25, 0.3) is 11.3 Å². The molecule has 2 N–H and O–H groups in total. The van der Waals surface area contributed by atoms with Crippen LogP contribution in [0.1, 0.15) is 33.3 Å². The molecule has 5 nitrogen and oxygen atoms in total. The van der Waals surface area contributed by atoms with Crippen molar-refractivity contribution in [2.24, 2.45) is 0 Å². The zero-order chi connectivity index (χ0) is 17.9. The number of rotatable bonds is 4. The Balaban J connectivity index is 1.43. The average molecular weight is 347 g/mol. The summed E-state index contributed by atoms with van der Waals surface area (Å²) in [6, 6.07) is 18.1. The molecule has 1 aromatic heterocycles. The minimum atomic E-state index is -0.249. The van der Waals surface area contributed by atoms with Crippen molar-refractivity contribution in [2.75, 3.05) is 13.1 Å². The molecule has 0 spiro atoms. The molecular weight excluding hydrogens is 326 g/mol. The molecule has 1 atom stereocenters. The number of hydrogen-bond acceptors (Lipinski definition) is 4. The molecule has 0 aliphatic carbocycles. The summed E-state index contributed by atoms with van der Waals surface area (Å²) < 4.78 is 5.24. The molecule has 1 aliphatic rings. The van der Waals surface area contributed by atoms with Crippen molar-refractivity contribution >= 4 is 5.91 Å². The molecule has 132 valence electrons. The summed E-state index contributed by atoms with van der Waals surface area (Å²) in [6.45, 7) is 3.46. The highest BCUT2D eigenvalue weighted by Crippen LogP contribution is 2.22. The average Bonchev–Trinajstić information content (AvgIpc) is 3.17. The third-order valence-corrected chi connectivity index (χ3v) is 4.76. The summed E-state index contributed by atoms with van der Waals surface area (Å²) in [7, 11) is 0. The van der Waals surface area contributed by atoms with Gasteiger partial charge in [0.25, 0.3) is 5.91 Å². The van der Waals surface area contributed by atoms with Crippen molar-refractivity contribution in [1.29, 1.82) is 0 Å². The number of benzene rings is 2. The quantitative estimate of drug-likeness (QED) is 0.760. The van der Waals surface area contributed by atoms with E-state index in [2.05, 4.69) is 34.0 Å². The van der Waals surface area contributed by atoms with Crippen LogP contribution < -0.4 is 10.6 Å². The van der Waals surface area contributed by atoms with E-state index in [9.17, 15) is 4.79 Å². The normalized spacial score (nSPS) is 16.1. The molecule has 0 bridgehead atoms. The number of fused-ring (bicyclic) bond motifs is 1. The van der Waals surface area contributed by atoms with Crippen molar-refractivity contribution in [3.05, 3.63) is 77.0 Å². The second-order valence-electron chi connectivity index (χ2n) is 6.61. The molecule has 0 saturated carbocycles. The van der Waals surface area contributed by atoms with E-state index in [-0.39, 0.29) is 17.7 Å². The third kappa shape index (κ3) is 3.39. The van der Waals surface area contributed by atoms with Gasteiger partial charge in [-0.1, -0.05) is 59.3 Å². The number of carbonyl (C=O) groups excluding carboxylic acids is 1. The van der Waals surface area contributed by atoms with Gasteiger partial charge in [0.05, 0.1) is 0 Å². The van der Waals surface area contributed by atoms with Crippen LogP contribution in [-0.4, -0.2) is 24.2 Å². The van der Waals surface area contributed by atoms with Crippen LogP contribution >= 0.6 is 0 Å². The number of aryl methyl sites for hydroxylation is 1. The fourth-order valence-corrected chi connectivity index (χ4v) is 3.30. The van der Waals surface area contributed by atoms with E-state index in [1.807, 2.05) is 37.3 Å². The topological polar surface area (TPSA) is 67.2 Å². The molecule has 4 rings (SSSR count). The lowest BCUT2D eigenvalue weighted by Gasteiger charge is -2.26. The fourth-order valence-electron chi connectivity index (χ4n) is 3.30. The predicted octanol–water partition coefficient (Wildman–Crippen LogP) is 3.27. The van der Waals surface area contributed by atoms with Gasteiger partial charge in [0.15, 0.2) is 0 Å². The fraction of sp³-hybridized carbons (Fsp3) is 0.238. The molecule has 1 aliphatic heterocycles. The zero-order valence-corrected chi connectivity index (χ0v) is 14.7. The summed E-state index contributed by atoms with van der Waals surface area (Å²) in [5, 5.41) is 10.4. The van der Waals surface area contributed by atoms with Crippen molar-refractivity contribution in [3.8, 4) is 11.3 Å². The molecule has 0 radical (unpaired) electrons. The minimum Gasteiger partial charge on any atom is -0.350 e. The highest BCUT2D eigenvalue weighted by molar-refractivity contribution is 5.92. The molecular formula is C21H21N3O2. The first kappa shape index (κ1) is 16.5. The zero-order valence-electron chi connectivity index (χ0n) is 14.7. The van der Waals surface area contributed by atoms with Crippen LogP contribution in [0.4, 0.5) is 0 Å². The van der Waals surface area contributed by atoms with Crippen molar-refractivity contribution in [3.63, 3.8) is 0 Å². The van der Waals surface area contributed by atoms with Crippen molar-refractivity contribution in [2.45, 2.75) is 19.4 Å². The van der Waals surface area contributed by atoms with Crippen LogP contribution in [-0.2, 0) is 6.42 Å². The van der Waals surface area contributed by atoms with Gasteiger partial charge >= 0.3 is 0 Å². The molecule has 3 aromatic rings. The van der Waals surface area contributed by atoms with Crippen LogP contribution in [0.15, 0.2) is 59.1 Å². The number of amides is 1. The maximum Gasteiger partial charge on any atom is 0.289 e. The molecule has 5 heteroatoms. The number of hydrogen-bond donors (Lipinski definition) is 2. The van der Waals surface area contributed by atoms with Crippen LogP contribution in [0, 0.1) is 6.92 Å². The van der Waals surface area contributed by atoms with Crippen molar-refractivity contribution < 1.29 is 9.32 Å². The van der Waals surface area contributed by atoms with Gasteiger partial charge in [-0.05, 0) is 31.0 Å². The SMILES string of the molecule is Cc1ccc(-c2cc(C(=O)NCC3NCCc4ccccc43)on2)cc1. The van der Waals surface area contributed by atoms with Gasteiger partial charge in [0.2, 0.25) is 5.76 Å². The molecule has 1 amide bonds. The Morgan fingerprint density at radius 1 is 1.23 bits per heavy atom. The minimum absolute atomic E-state index is 0.114. The largest absolute Gasteiger partial charge is 0.350 e. The van der Waals surface area contributed by atoms with Gasteiger partial charge in [-0.3, -0.25) is 4.79 Å².